The second kappa shape index (κ2) is 12.3. The van der Waals surface area contributed by atoms with Gasteiger partial charge in [0.25, 0.3) is 0 Å². The zero-order valence-electron chi connectivity index (χ0n) is 16.9. The summed E-state index contributed by atoms with van der Waals surface area (Å²) in [7, 11) is 2.00. The van der Waals surface area contributed by atoms with Gasteiger partial charge in [0.15, 0.2) is 0 Å². The van der Waals surface area contributed by atoms with Crippen molar-refractivity contribution < 1.29 is 22.7 Å². The molecule has 2 N–H and O–H groups in total. The fourth-order valence-electron chi connectivity index (χ4n) is 2.69. The van der Waals surface area contributed by atoms with Gasteiger partial charge >= 0.3 is 12.2 Å². The van der Waals surface area contributed by atoms with Crippen LogP contribution in [0.15, 0.2) is 51.4 Å². The van der Waals surface area contributed by atoms with E-state index in [9.17, 15) is 18.0 Å². The van der Waals surface area contributed by atoms with Crippen molar-refractivity contribution in [2.75, 3.05) is 38.6 Å². The van der Waals surface area contributed by atoms with Crippen LogP contribution in [0.5, 0.6) is 5.75 Å². The largest absolute Gasteiger partial charge is 0.492 e. The Morgan fingerprint density at radius 3 is 2.39 bits per heavy atom. The van der Waals surface area contributed by atoms with Crippen molar-refractivity contribution in [1.82, 2.24) is 10.2 Å². The second-order valence-electron chi connectivity index (χ2n) is 6.89. The molecular formula is C21H24Br2F3N3O2. The van der Waals surface area contributed by atoms with Gasteiger partial charge in [-0.3, -0.25) is 0 Å². The molecule has 0 aliphatic heterocycles. The number of urea groups is 1. The number of amides is 2. The van der Waals surface area contributed by atoms with E-state index in [0.717, 1.165) is 52.8 Å². The van der Waals surface area contributed by atoms with Gasteiger partial charge in [-0.2, -0.15) is 13.2 Å². The maximum Gasteiger partial charge on any atom is 0.416 e. The maximum atomic E-state index is 12.5. The van der Waals surface area contributed by atoms with Crippen molar-refractivity contribution >= 4 is 43.6 Å². The third kappa shape index (κ3) is 9.49. The molecule has 5 nitrogen and oxygen atoms in total. The number of ether oxygens (including phenoxy) is 1. The molecule has 2 aromatic rings. The third-order valence-electron chi connectivity index (χ3n) is 4.31. The fraction of sp³-hybridized carbons (Fsp3) is 0.381. The summed E-state index contributed by atoms with van der Waals surface area (Å²) in [6.45, 7) is 2.70. The first kappa shape index (κ1) is 25.5. The molecule has 2 rings (SSSR count). The highest BCUT2D eigenvalue weighted by Crippen LogP contribution is 2.30. The molecule has 0 fully saturated rings. The summed E-state index contributed by atoms with van der Waals surface area (Å²) >= 11 is 6.87. The Labute approximate surface area is 196 Å². The Balaban J connectivity index is 1.56. The van der Waals surface area contributed by atoms with E-state index in [-0.39, 0.29) is 0 Å². The Morgan fingerprint density at radius 1 is 1.06 bits per heavy atom. The highest BCUT2D eigenvalue weighted by atomic mass is 79.9. The molecule has 0 unspecified atom stereocenters. The Kier molecular flexibility index (Phi) is 10.1. The van der Waals surface area contributed by atoms with Crippen LogP contribution in [0.3, 0.4) is 0 Å². The lowest BCUT2D eigenvalue weighted by atomic mass is 10.2. The minimum atomic E-state index is -4.39. The summed E-state index contributed by atoms with van der Waals surface area (Å²) in [4.78, 5) is 14.0. The standard InChI is InChI=1S/C21H24Br2F3N3O2/c1-29(12-3-13-31-19-9-6-16(22)14-18(19)23)11-2-10-27-20(30)28-17-7-4-15(5-8-17)21(24,25)26/h4-9,14H,2-3,10-13H2,1H3,(H2,27,28,30). The number of anilines is 1. The summed E-state index contributed by atoms with van der Waals surface area (Å²) in [5, 5.41) is 5.22. The van der Waals surface area contributed by atoms with E-state index in [1.54, 1.807) is 0 Å². The zero-order valence-corrected chi connectivity index (χ0v) is 20.1. The normalized spacial score (nSPS) is 11.5. The monoisotopic (exact) mass is 565 g/mol. The van der Waals surface area contributed by atoms with Crippen molar-refractivity contribution in [2.45, 2.75) is 19.0 Å². The second-order valence-corrected chi connectivity index (χ2v) is 8.66. The number of hydrogen-bond acceptors (Lipinski definition) is 3. The van der Waals surface area contributed by atoms with E-state index >= 15 is 0 Å². The highest BCUT2D eigenvalue weighted by Gasteiger charge is 2.29. The van der Waals surface area contributed by atoms with Gasteiger partial charge in [0.05, 0.1) is 16.6 Å². The number of halogens is 5. The highest BCUT2D eigenvalue weighted by molar-refractivity contribution is 9.11. The molecule has 0 heterocycles. The Bertz CT molecular complexity index is 849. The molecular weight excluding hydrogens is 543 g/mol. The minimum absolute atomic E-state index is 0.306. The van der Waals surface area contributed by atoms with Crippen LogP contribution in [0.4, 0.5) is 23.7 Å². The molecule has 0 aliphatic rings. The van der Waals surface area contributed by atoms with Crippen LogP contribution < -0.4 is 15.4 Å². The van der Waals surface area contributed by atoms with E-state index in [4.69, 9.17) is 4.74 Å². The number of hydrogen-bond donors (Lipinski definition) is 2. The van der Waals surface area contributed by atoms with Gasteiger partial charge in [0.1, 0.15) is 5.75 Å². The number of benzene rings is 2. The SMILES string of the molecule is CN(CCCNC(=O)Nc1ccc(C(F)(F)F)cc1)CCCOc1ccc(Br)cc1Br. The van der Waals surface area contributed by atoms with Crippen LogP contribution in [0.2, 0.25) is 0 Å². The van der Waals surface area contributed by atoms with Gasteiger partial charge in [-0.05, 0) is 84.8 Å². The number of carbonyl (C=O) groups excluding carboxylic acids is 1. The van der Waals surface area contributed by atoms with Gasteiger partial charge in [-0.1, -0.05) is 15.9 Å². The number of nitrogens with zero attached hydrogens (tertiary/aromatic N) is 1. The molecule has 0 radical (unpaired) electrons. The van der Waals surface area contributed by atoms with Crippen molar-refractivity contribution in [3.8, 4) is 5.75 Å². The maximum absolute atomic E-state index is 12.5. The fourth-order valence-corrected chi connectivity index (χ4v) is 3.85. The van der Waals surface area contributed by atoms with E-state index in [1.165, 1.54) is 12.1 Å². The molecule has 170 valence electrons. The molecule has 10 heteroatoms. The van der Waals surface area contributed by atoms with Crippen LogP contribution in [0, 0.1) is 0 Å². The lowest BCUT2D eigenvalue weighted by Gasteiger charge is -2.17. The topological polar surface area (TPSA) is 53.6 Å². The van der Waals surface area contributed by atoms with E-state index in [0.29, 0.717) is 18.8 Å². The molecule has 0 aromatic heterocycles. The number of carbonyl (C=O) groups is 1. The molecule has 31 heavy (non-hydrogen) atoms. The van der Waals surface area contributed by atoms with Crippen molar-refractivity contribution in [1.29, 1.82) is 0 Å². The number of nitrogens with one attached hydrogen (secondary N) is 2. The van der Waals surface area contributed by atoms with Crippen molar-refractivity contribution in [3.05, 3.63) is 57.0 Å². The van der Waals surface area contributed by atoms with E-state index < -0.39 is 17.8 Å². The first-order chi connectivity index (χ1) is 14.6. The predicted octanol–water partition coefficient (Wildman–Crippen LogP) is 6.14. The third-order valence-corrected chi connectivity index (χ3v) is 5.42. The Hall–Kier alpha value is -1.78. The average molecular weight is 567 g/mol. The molecule has 0 bridgehead atoms. The van der Waals surface area contributed by atoms with Crippen LogP contribution in [0.25, 0.3) is 0 Å². The van der Waals surface area contributed by atoms with Crippen LogP contribution in [-0.2, 0) is 6.18 Å². The lowest BCUT2D eigenvalue weighted by Crippen LogP contribution is -2.32. The quantitative estimate of drug-likeness (QED) is 0.339. The van der Waals surface area contributed by atoms with Crippen molar-refractivity contribution in [3.63, 3.8) is 0 Å². The summed E-state index contributed by atoms with van der Waals surface area (Å²) in [5.41, 5.74) is -0.448. The number of rotatable bonds is 10. The average Bonchev–Trinajstić information content (AvgIpc) is 2.69. The van der Waals surface area contributed by atoms with E-state index in [1.807, 2.05) is 25.2 Å². The molecule has 0 aliphatic carbocycles. The van der Waals surface area contributed by atoms with Gasteiger partial charge < -0.3 is 20.3 Å². The molecule has 2 amide bonds. The molecule has 0 spiro atoms. The molecule has 0 saturated carbocycles. The summed E-state index contributed by atoms with van der Waals surface area (Å²) in [5.74, 6) is 0.800. The first-order valence-corrected chi connectivity index (χ1v) is 11.2. The van der Waals surface area contributed by atoms with Gasteiger partial charge in [0.2, 0.25) is 0 Å². The minimum Gasteiger partial charge on any atom is -0.492 e. The van der Waals surface area contributed by atoms with Gasteiger partial charge in [0, 0.05) is 23.2 Å². The van der Waals surface area contributed by atoms with Crippen molar-refractivity contribution in [2.24, 2.45) is 0 Å². The summed E-state index contributed by atoms with van der Waals surface area (Å²) in [6.07, 6.45) is -2.79. The predicted molar refractivity (Wildman–Crippen MR) is 123 cm³/mol. The molecule has 0 saturated heterocycles. The zero-order chi connectivity index (χ0) is 22.9. The van der Waals surface area contributed by atoms with Crippen LogP contribution >= 0.6 is 31.9 Å². The molecule has 2 aromatic carbocycles. The Morgan fingerprint density at radius 2 is 1.74 bits per heavy atom. The van der Waals surface area contributed by atoms with Gasteiger partial charge in [-0.25, -0.2) is 4.79 Å². The summed E-state index contributed by atoms with van der Waals surface area (Å²) < 4.78 is 45.3. The molecule has 0 atom stereocenters. The van der Waals surface area contributed by atoms with E-state index in [2.05, 4.69) is 47.4 Å². The van der Waals surface area contributed by atoms with Gasteiger partial charge in [-0.15, -0.1) is 0 Å². The first-order valence-electron chi connectivity index (χ1n) is 9.63. The summed E-state index contributed by atoms with van der Waals surface area (Å²) in [6, 6.07) is 9.63. The van der Waals surface area contributed by atoms with Crippen LogP contribution in [0.1, 0.15) is 18.4 Å². The van der Waals surface area contributed by atoms with Crippen LogP contribution in [-0.4, -0.2) is 44.2 Å². The smallest absolute Gasteiger partial charge is 0.416 e. The number of alkyl halides is 3. The lowest BCUT2D eigenvalue weighted by molar-refractivity contribution is -0.137.